The molecule has 0 bridgehead atoms. The molecule has 1 aromatic rings. The van der Waals surface area contributed by atoms with Gasteiger partial charge in [0.2, 0.25) is 0 Å². The third-order valence-corrected chi connectivity index (χ3v) is 2.10. The molecule has 0 fully saturated rings. The zero-order chi connectivity index (χ0) is 10.4. The number of aliphatic hydroxyl groups excluding tert-OH is 1. The minimum atomic E-state index is -0.505. The Morgan fingerprint density at radius 3 is 2.57 bits per heavy atom. The molecule has 0 aromatic heterocycles. The molecule has 0 spiro atoms. The molecule has 1 unspecified atom stereocenters. The number of rotatable bonds is 5. The van der Waals surface area contributed by atoms with E-state index in [0.29, 0.717) is 6.42 Å². The van der Waals surface area contributed by atoms with Crippen molar-refractivity contribution in [2.45, 2.75) is 19.4 Å². The molecule has 14 heavy (non-hydrogen) atoms. The van der Waals surface area contributed by atoms with E-state index in [-0.39, 0.29) is 5.82 Å². The van der Waals surface area contributed by atoms with Crippen molar-refractivity contribution in [3.05, 3.63) is 35.6 Å². The van der Waals surface area contributed by atoms with Crippen LogP contribution in [0.2, 0.25) is 0 Å². The Hall–Kier alpha value is -0.930. The van der Waals surface area contributed by atoms with Gasteiger partial charge in [0.05, 0.1) is 6.10 Å². The summed E-state index contributed by atoms with van der Waals surface area (Å²) in [7, 11) is 0. The Morgan fingerprint density at radius 2 is 2.00 bits per heavy atom. The van der Waals surface area contributed by atoms with Gasteiger partial charge < -0.3 is 10.4 Å². The van der Waals surface area contributed by atoms with Crippen molar-refractivity contribution in [2.75, 3.05) is 13.1 Å². The van der Waals surface area contributed by atoms with Crippen molar-refractivity contribution < 1.29 is 9.50 Å². The van der Waals surface area contributed by atoms with Gasteiger partial charge >= 0.3 is 0 Å². The predicted octanol–water partition coefficient (Wildman–Crippen LogP) is 1.86. The maximum absolute atomic E-state index is 12.6. The Morgan fingerprint density at radius 1 is 1.36 bits per heavy atom. The highest BCUT2D eigenvalue weighted by Gasteiger charge is 2.06. The Labute approximate surface area is 83.8 Å². The van der Waals surface area contributed by atoms with Gasteiger partial charge in [0, 0.05) is 0 Å². The average molecular weight is 197 g/mol. The molecule has 3 heteroatoms. The van der Waals surface area contributed by atoms with Crippen LogP contribution < -0.4 is 5.32 Å². The Bertz CT molecular complexity index is 260. The van der Waals surface area contributed by atoms with Crippen LogP contribution in [-0.2, 0) is 0 Å². The second-order valence-corrected chi connectivity index (χ2v) is 3.21. The van der Waals surface area contributed by atoms with E-state index in [0.717, 1.165) is 18.7 Å². The molecule has 78 valence electrons. The van der Waals surface area contributed by atoms with Crippen molar-refractivity contribution in [1.82, 2.24) is 5.32 Å². The van der Waals surface area contributed by atoms with Gasteiger partial charge in [0.15, 0.2) is 0 Å². The zero-order valence-corrected chi connectivity index (χ0v) is 8.33. The van der Waals surface area contributed by atoms with Crippen molar-refractivity contribution in [3.8, 4) is 0 Å². The summed E-state index contributed by atoms with van der Waals surface area (Å²) in [6, 6.07) is 5.97. The third kappa shape index (κ3) is 3.44. The Balaban J connectivity index is 2.43. The second-order valence-electron chi connectivity index (χ2n) is 3.21. The lowest BCUT2D eigenvalue weighted by Crippen LogP contribution is -2.16. The van der Waals surface area contributed by atoms with Crippen LogP contribution in [0.4, 0.5) is 4.39 Å². The summed E-state index contributed by atoms with van der Waals surface area (Å²) in [5.41, 5.74) is 0.768. The van der Waals surface area contributed by atoms with Crippen molar-refractivity contribution in [2.24, 2.45) is 0 Å². The van der Waals surface area contributed by atoms with Gasteiger partial charge in [-0.15, -0.1) is 0 Å². The Kier molecular flexibility index (Phi) is 4.56. The molecule has 0 saturated heterocycles. The van der Waals surface area contributed by atoms with E-state index in [4.69, 9.17) is 0 Å². The van der Waals surface area contributed by atoms with Crippen LogP contribution in [0.3, 0.4) is 0 Å². The largest absolute Gasteiger partial charge is 0.388 e. The summed E-state index contributed by atoms with van der Waals surface area (Å²) in [6.45, 7) is 3.69. The van der Waals surface area contributed by atoms with E-state index in [1.165, 1.54) is 12.1 Å². The molecule has 0 saturated carbocycles. The summed E-state index contributed by atoms with van der Waals surface area (Å²) in [5.74, 6) is -0.271. The van der Waals surface area contributed by atoms with Crippen molar-refractivity contribution in [3.63, 3.8) is 0 Å². The minimum absolute atomic E-state index is 0.271. The number of hydrogen-bond donors (Lipinski definition) is 2. The SMILES string of the molecule is CCNCCC(O)c1ccc(F)cc1. The number of hydrogen-bond acceptors (Lipinski definition) is 2. The first kappa shape index (κ1) is 11.1. The first-order valence-electron chi connectivity index (χ1n) is 4.88. The topological polar surface area (TPSA) is 32.3 Å². The van der Waals surface area contributed by atoms with Gasteiger partial charge in [-0.1, -0.05) is 19.1 Å². The highest BCUT2D eigenvalue weighted by Crippen LogP contribution is 2.15. The lowest BCUT2D eigenvalue weighted by Gasteiger charge is -2.10. The van der Waals surface area contributed by atoms with E-state index in [2.05, 4.69) is 5.32 Å². The molecule has 1 atom stereocenters. The maximum atomic E-state index is 12.6. The average Bonchev–Trinajstić information content (AvgIpc) is 2.19. The fourth-order valence-corrected chi connectivity index (χ4v) is 1.27. The second kappa shape index (κ2) is 5.73. The fourth-order valence-electron chi connectivity index (χ4n) is 1.27. The highest BCUT2D eigenvalue weighted by atomic mass is 19.1. The molecule has 2 N–H and O–H groups in total. The van der Waals surface area contributed by atoms with Crippen LogP contribution in [0.15, 0.2) is 24.3 Å². The standard InChI is InChI=1S/C11H16FNO/c1-2-13-8-7-11(14)9-3-5-10(12)6-4-9/h3-6,11,13-14H,2,7-8H2,1H3. The first-order chi connectivity index (χ1) is 6.74. The van der Waals surface area contributed by atoms with E-state index in [1.807, 2.05) is 6.92 Å². The van der Waals surface area contributed by atoms with E-state index in [1.54, 1.807) is 12.1 Å². The van der Waals surface area contributed by atoms with Gasteiger partial charge in [-0.2, -0.15) is 0 Å². The molecule has 0 heterocycles. The molecule has 0 amide bonds. The van der Waals surface area contributed by atoms with Gasteiger partial charge in [0.1, 0.15) is 5.82 Å². The zero-order valence-electron chi connectivity index (χ0n) is 8.33. The van der Waals surface area contributed by atoms with Gasteiger partial charge in [-0.05, 0) is 37.2 Å². The molecule has 1 rings (SSSR count). The summed E-state index contributed by atoms with van der Waals surface area (Å²) in [4.78, 5) is 0. The van der Waals surface area contributed by atoms with Crippen molar-refractivity contribution in [1.29, 1.82) is 0 Å². The maximum Gasteiger partial charge on any atom is 0.123 e. The molecule has 0 aliphatic carbocycles. The number of halogens is 1. The molecule has 0 aliphatic rings. The van der Waals surface area contributed by atoms with Crippen LogP contribution in [0.25, 0.3) is 0 Å². The third-order valence-electron chi connectivity index (χ3n) is 2.10. The van der Waals surface area contributed by atoms with Crippen LogP contribution in [0.1, 0.15) is 25.0 Å². The summed E-state index contributed by atoms with van der Waals surface area (Å²) < 4.78 is 12.6. The summed E-state index contributed by atoms with van der Waals surface area (Å²) in [6.07, 6.45) is 0.147. The number of aliphatic hydroxyl groups is 1. The first-order valence-corrected chi connectivity index (χ1v) is 4.88. The normalized spacial score (nSPS) is 12.8. The quantitative estimate of drug-likeness (QED) is 0.706. The smallest absolute Gasteiger partial charge is 0.123 e. The number of benzene rings is 1. The van der Waals surface area contributed by atoms with Crippen LogP contribution in [0.5, 0.6) is 0 Å². The lowest BCUT2D eigenvalue weighted by molar-refractivity contribution is 0.167. The van der Waals surface area contributed by atoms with Gasteiger partial charge in [0.25, 0.3) is 0 Å². The van der Waals surface area contributed by atoms with E-state index < -0.39 is 6.10 Å². The van der Waals surface area contributed by atoms with Crippen LogP contribution >= 0.6 is 0 Å². The molecule has 1 aromatic carbocycles. The van der Waals surface area contributed by atoms with Crippen LogP contribution in [-0.4, -0.2) is 18.2 Å². The van der Waals surface area contributed by atoms with E-state index >= 15 is 0 Å². The number of nitrogens with one attached hydrogen (secondary N) is 1. The molecule has 2 nitrogen and oxygen atoms in total. The van der Waals surface area contributed by atoms with Gasteiger partial charge in [-0.3, -0.25) is 0 Å². The minimum Gasteiger partial charge on any atom is -0.388 e. The summed E-state index contributed by atoms with van der Waals surface area (Å²) >= 11 is 0. The highest BCUT2D eigenvalue weighted by molar-refractivity contribution is 5.18. The predicted molar refractivity (Wildman–Crippen MR) is 54.5 cm³/mol. The molecular weight excluding hydrogens is 181 g/mol. The van der Waals surface area contributed by atoms with Crippen molar-refractivity contribution >= 4 is 0 Å². The monoisotopic (exact) mass is 197 g/mol. The molecular formula is C11H16FNO. The van der Waals surface area contributed by atoms with E-state index in [9.17, 15) is 9.50 Å². The van der Waals surface area contributed by atoms with Crippen LogP contribution in [0, 0.1) is 5.82 Å². The molecule has 0 aliphatic heterocycles. The summed E-state index contributed by atoms with van der Waals surface area (Å²) in [5, 5.41) is 12.8. The lowest BCUT2D eigenvalue weighted by atomic mass is 10.1. The molecule has 0 radical (unpaired) electrons. The van der Waals surface area contributed by atoms with Gasteiger partial charge in [-0.25, -0.2) is 4.39 Å². The fraction of sp³-hybridized carbons (Fsp3) is 0.455.